The van der Waals surface area contributed by atoms with Gasteiger partial charge in [0.15, 0.2) is 5.11 Å². The van der Waals surface area contributed by atoms with Crippen LogP contribution in [0.3, 0.4) is 0 Å². The Morgan fingerprint density at radius 1 is 1.12 bits per heavy atom. The van der Waals surface area contributed by atoms with Crippen LogP contribution in [0.5, 0.6) is 0 Å². The zero-order valence-corrected chi connectivity index (χ0v) is 14.6. The van der Waals surface area contributed by atoms with Gasteiger partial charge in [-0.25, -0.2) is 0 Å². The van der Waals surface area contributed by atoms with Crippen LogP contribution >= 0.6 is 23.8 Å². The van der Waals surface area contributed by atoms with Gasteiger partial charge in [0.25, 0.3) is 0 Å². The van der Waals surface area contributed by atoms with Gasteiger partial charge in [0.1, 0.15) is 0 Å². The second kappa shape index (κ2) is 7.40. The molecule has 0 heterocycles. The molecular weight excluding hydrogens is 357 g/mol. The lowest BCUT2D eigenvalue weighted by Crippen LogP contribution is -2.31. The Labute approximate surface area is 149 Å². The smallest absolute Gasteiger partial charge is 0.356 e. The monoisotopic (exact) mass is 372 g/mol. The molecule has 0 unspecified atom stereocenters. The molecule has 0 bridgehead atoms. The highest BCUT2D eigenvalue weighted by atomic mass is 35.5. The highest BCUT2D eigenvalue weighted by Gasteiger charge is 2.33. The zero-order chi connectivity index (χ0) is 17.9. The first-order valence-corrected chi connectivity index (χ1v) is 7.96. The number of nitrogens with one attached hydrogen (secondary N) is 2. The molecule has 0 radical (unpaired) electrons. The molecule has 2 aromatic rings. The van der Waals surface area contributed by atoms with Crippen LogP contribution in [0, 0.1) is 6.92 Å². The highest BCUT2D eigenvalue weighted by molar-refractivity contribution is 7.80. The normalized spacial score (nSPS) is 12.6. The average Bonchev–Trinajstić information content (AvgIpc) is 2.48. The fourth-order valence-electron chi connectivity index (χ4n) is 2.12. The lowest BCUT2D eigenvalue weighted by atomic mass is 10.1. The van der Waals surface area contributed by atoms with Crippen LogP contribution in [0.4, 0.5) is 18.9 Å². The van der Waals surface area contributed by atoms with Crippen molar-refractivity contribution in [2.45, 2.75) is 26.1 Å². The third kappa shape index (κ3) is 4.85. The van der Waals surface area contributed by atoms with E-state index < -0.39 is 11.7 Å². The summed E-state index contributed by atoms with van der Waals surface area (Å²) >= 11 is 10.8. The number of thiocarbonyl (C=S) groups is 1. The molecular formula is C17H16ClF3N2S. The summed E-state index contributed by atoms with van der Waals surface area (Å²) < 4.78 is 38.6. The number of anilines is 1. The first kappa shape index (κ1) is 18.5. The van der Waals surface area contributed by atoms with Crippen molar-refractivity contribution in [2.75, 3.05) is 5.32 Å². The lowest BCUT2D eigenvalue weighted by molar-refractivity contribution is -0.137. The van der Waals surface area contributed by atoms with Crippen molar-refractivity contribution in [3.8, 4) is 0 Å². The van der Waals surface area contributed by atoms with Crippen LogP contribution in [0.25, 0.3) is 0 Å². The number of benzene rings is 2. The van der Waals surface area contributed by atoms with Crippen LogP contribution in [-0.2, 0) is 6.18 Å². The predicted octanol–water partition coefficient (Wildman–Crippen LogP) is 5.71. The molecule has 0 aliphatic heterocycles. The van der Waals surface area contributed by atoms with Crippen molar-refractivity contribution in [1.82, 2.24) is 5.32 Å². The van der Waals surface area contributed by atoms with Crippen LogP contribution in [-0.4, -0.2) is 5.11 Å². The topological polar surface area (TPSA) is 24.1 Å². The summed E-state index contributed by atoms with van der Waals surface area (Å²) in [4.78, 5) is 0. The largest absolute Gasteiger partial charge is 0.417 e. The summed E-state index contributed by atoms with van der Waals surface area (Å²) in [5.74, 6) is 0. The van der Waals surface area contributed by atoms with Crippen molar-refractivity contribution in [1.29, 1.82) is 0 Å². The van der Waals surface area contributed by atoms with Gasteiger partial charge in [-0.05, 0) is 49.8 Å². The summed E-state index contributed by atoms with van der Waals surface area (Å²) in [5, 5.41) is 5.69. The molecule has 0 aromatic heterocycles. The Morgan fingerprint density at radius 2 is 1.75 bits per heavy atom. The van der Waals surface area contributed by atoms with E-state index in [1.165, 1.54) is 12.1 Å². The van der Waals surface area contributed by atoms with E-state index in [4.69, 9.17) is 23.8 Å². The van der Waals surface area contributed by atoms with Gasteiger partial charge in [-0.1, -0.05) is 41.4 Å². The van der Waals surface area contributed by atoms with Crippen molar-refractivity contribution in [3.63, 3.8) is 0 Å². The van der Waals surface area contributed by atoms with E-state index >= 15 is 0 Å². The van der Waals surface area contributed by atoms with E-state index in [1.807, 2.05) is 38.1 Å². The third-order valence-corrected chi connectivity index (χ3v) is 4.00. The first-order valence-electron chi connectivity index (χ1n) is 7.17. The molecule has 24 heavy (non-hydrogen) atoms. The number of hydrogen-bond donors (Lipinski definition) is 2. The maximum Gasteiger partial charge on any atom is 0.417 e. The quantitative estimate of drug-likeness (QED) is 0.674. The molecule has 2 N–H and O–H groups in total. The maximum atomic E-state index is 12.9. The number of alkyl halides is 3. The predicted molar refractivity (Wildman–Crippen MR) is 95.4 cm³/mol. The fourth-order valence-corrected chi connectivity index (χ4v) is 2.64. The van der Waals surface area contributed by atoms with E-state index in [9.17, 15) is 13.2 Å². The lowest BCUT2D eigenvalue weighted by Gasteiger charge is -2.18. The van der Waals surface area contributed by atoms with E-state index in [0.29, 0.717) is 0 Å². The maximum absolute atomic E-state index is 12.9. The van der Waals surface area contributed by atoms with Crippen LogP contribution in [0.15, 0.2) is 42.5 Å². The van der Waals surface area contributed by atoms with Gasteiger partial charge in [-0.15, -0.1) is 0 Å². The average molecular weight is 373 g/mol. The Balaban J connectivity index is 2.06. The van der Waals surface area contributed by atoms with Gasteiger partial charge in [0.05, 0.1) is 16.6 Å². The molecule has 0 saturated heterocycles. The number of aryl methyl sites for hydroxylation is 1. The molecule has 2 nitrogen and oxygen atoms in total. The molecule has 0 fully saturated rings. The zero-order valence-electron chi connectivity index (χ0n) is 13.0. The van der Waals surface area contributed by atoms with Gasteiger partial charge in [-0.2, -0.15) is 13.2 Å². The Bertz CT molecular complexity index is 730. The van der Waals surface area contributed by atoms with Crippen molar-refractivity contribution in [3.05, 3.63) is 64.2 Å². The van der Waals surface area contributed by atoms with E-state index in [1.54, 1.807) is 0 Å². The Hall–Kier alpha value is -1.79. The molecule has 2 aromatic carbocycles. The minimum atomic E-state index is -4.51. The van der Waals surface area contributed by atoms with Gasteiger partial charge in [-0.3, -0.25) is 0 Å². The van der Waals surface area contributed by atoms with Gasteiger partial charge in [0.2, 0.25) is 0 Å². The Kier molecular flexibility index (Phi) is 5.72. The summed E-state index contributed by atoms with van der Waals surface area (Å²) in [7, 11) is 0. The molecule has 0 aliphatic rings. The molecule has 128 valence electrons. The summed E-state index contributed by atoms with van der Waals surface area (Å²) in [6.07, 6.45) is -4.51. The minimum Gasteiger partial charge on any atom is -0.356 e. The molecule has 2 rings (SSSR count). The first-order chi connectivity index (χ1) is 11.2. The van der Waals surface area contributed by atoms with Gasteiger partial charge in [0, 0.05) is 5.69 Å². The SMILES string of the molecule is Cc1ccc([C@@H](C)NC(=S)Nc2ccc(Cl)c(C(F)(F)F)c2)cc1. The van der Waals surface area contributed by atoms with E-state index in [-0.39, 0.29) is 21.9 Å². The highest BCUT2D eigenvalue weighted by Crippen LogP contribution is 2.36. The number of halogens is 4. The van der Waals surface area contributed by atoms with Gasteiger partial charge >= 0.3 is 6.18 Å². The number of rotatable bonds is 3. The van der Waals surface area contributed by atoms with Crippen LogP contribution in [0.2, 0.25) is 5.02 Å². The van der Waals surface area contributed by atoms with Crippen LogP contribution in [0.1, 0.15) is 29.7 Å². The second-order valence-electron chi connectivity index (χ2n) is 5.42. The molecule has 0 spiro atoms. The van der Waals surface area contributed by atoms with Crippen molar-refractivity contribution >= 4 is 34.6 Å². The fraction of sp³-hybridized carbons (Fsp3) is 0.235. The Morgan fingerprint density at radius 3 is 2.33 bits per heavy atom. The standard InChI is InChI=1S/C17H16ClF3N2S/c1-10-3-5-12(6-4-10)11(2)22-16(24)23-13-7-8-15(18)14(9-13)17(19,20)21/h3-9,11H,1-2H3,(H2,22,23,24)/t11-/m1/s1. The second-order valence-corrected chi connectivity index (χ2v) is 6.24. The van der Waals surface area contributed by atoms with Crippen molar-refractivity contribution < 1.29 is 13.2 Å². The van der Waals surface area contributed by atoms with Crippen molar-refractivity contribution in [2.24, 2.45) is 0 Å². The van der Waals surface area contributed by atoms with Crippen LogP contribution < -0.4 is 10.6 Å². The number of hydrogen-bond acceptors (Lipinski definition) is 1. The molecule has 0 amide bonds. The third-order valence-electron chi connectivity index (χ3n) is 3.45. The van der Waals surface area contributed by atoms with E-state index in [2.05, 4.69) is 10.6 Å². The molecule has 7 heteroatoms. The van der Waals surface area contributed by atoms with Gasteiger partial charge < -0.3 is 10.6 Å². The minimum absolute atomic E-state index is 0.0833. The summed E-state index contributed by atoms with van der Waals surface area (Å²) in [5.41, 5.74) is 1.49. The molecule has 0 aliphatic carbocycles. The molecule has 1 atom stereocenters. The molecule has 0 saturated carbocycles. The van der Waals surface area contributed by atoms with E-state index in [0.717, 1.165) is 17.2 Å². The summed E-state index contributed by atoms with van der Waals surface area (Å²) in [6, 6.07) is 11.4. The summed E-state index contributed by atoms with van der Waals surface area (Å²) in [6.45, 7) is 3.91.